The number of hydrogen-bond acceptors (Lipinski definition) is 4. The summed E-state index contributed by atoms with van der Waals surface area (Å²) in [4.78, 5) is 34.6. The average Bonchev–Trinajstić information content (AvgIpc) is 2.37. The van der Waals surface area contributed by atoms with Gasteiger partial charge in [-0.15, -0.1) is 0 Å². The van der Waals surface area contributed by atoms with Gasteiger partial charge in [0.2, 0.25) is 11.8 Å². The maximum absolute atomic E-state index is 11.7. The quantitative estimate of drug-likeness (QED) is 0.615. The van der Waals surface area contributed by atoms with Crippen molar-refractivity contribution in [1.82, 2.24) is 10.2 Å². The van der Waals surface area contributed by atoms with Crippen LogP contribution < -0.4 is 5.32 Å². The topological polar surface area (TPSA) is 95.9 Å². The number of amides is 2. The van der Waals surface area contributed by atoms with Gasteiger partial charge in [-0.05, 0) is 0 Å². The lowest BCUT2D eigenvalue weighted by molar-refractivity contribution is -0.135. The van der Waals surface area contributed by atoms with E-state index in [0.29, 0.717) is 26.3 Å². The van der Waals surface area contributed by atoms with Gasteiger partial charge in [-0.1, -0.05) is 0 Å². The van der Waals surface area contributed by atoms with Crippen LogP contribution in [0.4, 0.5) is 0 Å². The zero-order valence-electron chi connectivity index (χ0n) is 9.92. The number of carbonyl (C=O) groups is 3. The number of aliphatic carboxylic acids is 1. The molecule has 2 N–H and O–H groups in total. The Morgan fingerprint density at radius 2 is 1.89 bits per heavy atom. The SMILES string of the molecule is O=C(O)/C=C/C(=O)NCCC(=O)N1CCOCC1. The second kappa shape index (κ2) is 7.44. The summed E-state index contributed by atoms with van der Waals surface area (Å²) in [6.07, 6.45) is 1.87. The minimum absolute atomic E-state index is 0.0409. The Morgan fingerprint density at radius 3 is 2.50 bits per heavy atom. The van der Waals surface area contributed by atoms with Gasteiger partial charge in [0.1, 0.15) is 0 Å². The first-order valence-electron chi connectivity index (χ1n) is 5.64. The van der Waals surface area contributed by atoms with E-state index in [1.807, 2.05) is 0 Å². The predicted octanol–water partition coefficient (Wildman–Crippen LogP) is -1.01. The summed E-state index contributed by atoms with van der Waals surface area (Å²) < 4.78 is 5.12. The first-order chi connectivity index (χ1) is 8.59. The number of nitrogens with zero attached hydrogens (tertiary/aromatic N) is 1. The average molecular weight is 256 g/mol. The lowest BCUT2D eigenvalue weighted by Gasteiger charge is -2.26. The number of carboxylic acids is 1. The van der Waals surface area contributed by atoms with Gasteiger partial charge in [0.15, 0.2) is 0 Å². The van der Waals surface area contributed by atoms with Crippen LogP contribution >= 0.6 is 0 Å². The Morgan fingerprint density at radius 1 is 1.22 bits per heavy atom. The van der Waals surface area contributed by atoms with E-state index in [2.05, 4.69) is 5.32 Å². The standard InChI is InChI=1S/C11H16N2O5/c14-9(1-2-11(16)17)12-4-3-10(15)13-5-7-18-8-6-13/h1-2H,3-8H2,(H,12,14)(H,16,17)/b2-1+. The van der Waals surface area contributed by atoms with E-state index in [-0.39, 0.29) is 18.9 Å². The molecule has 0 aromatic carbocycles. The summed E-state index contributed by atoms with van der Waals surface area (Å²) in [7, 11) is 0. The Balaban J connectivity index is 2.18. The lowest BCUT2D eigenvalue weighted by Crippen LogP contribution is -2.41. The largest absolute Gasteiger partial charge is 0.478 e. The van der Waals surface area contributed by atoms with Crippen molar-refractivity contribution in [1.29, 1.82) is 0 Å². The van der Waals surface area contributed by atoms with Crippen molar-refractivity contribution >= 4 is 17.8 Å². The first-order valence-corrected chi connectivity index (χ1v) is 5.64. The van der Waals surface area contributed by atoms with Gasteiger partial charge in [0, 0.05) is 38.2 Å². The molecule has 0 aliphatic carbocycles. The molecule has 7 nitrogen and oxygen atoms in total. The Bertz CT molecular complexity index is 347. The van der Waals surface area contributed by atoms with Gasteiger partial charge < -0.3 is 20.1 Å². The molecule has 18 heavy (non-hydrogen) atoms. The van der Waals surface area contributed by atoms with Crippen molar-refractivity contribution in [2.75, 3.05) is 32.8 Å². The highest BCUT2D eigenvalue weighted by molar-refractivity contribution is 5.94. The summed E-state index contributed by atoms with van der Waals surface area (Å²) in [5, 5.41) is 10.7. The minimum Gasteiger partial charge on any atom is -0.478 e. The molecule has 0 spiro atoms. The minimum atomic E-state index is -1.19. The molecule has 0 radical (unpaired) electrons. The van der Waals surface area contributed by atoms with E-state index < -0.39 is 11.9 Å². The third kappa shape index (κ3) is 5.44. The van der Waals surface area contributed by atoms with Crippen LogP contribution in [-0.2, 0) is 19.1 Å². The Kier molecular flexibility index (Phi) is 5.86. The monoisotopic (exact) mass is 256 g/mol. The molecule has 1 heterocycles. The molecule has 0 atom stereocenters. The molecule has 0 aromatic heterocycles. The number of morpholine rings is 1. The number of ether oxygens (including phenoxy) is 1. The smallest absolute Gasteiger partial charge is 0.328 e. The van der Waals surface area contributed by atoms with Crippen LogP contribution in [0.25, 0.3) is 0 Å². The third-order valence-electron chi connectivity index (χ3n) is 2.38. The van der Waals surface area contributed by atoms with E-state index in [9.17, 15) is 14.4 Å². The van der Waals surface area contributed by atoms with Crippen LogP contribution in [0.3, 0.4) is 0 Å². The molecule has 100 valence electrons. The molecular weight excluding hydrogens is 240 g/mol. The van der Waals surface area contributed by atoms with Gasteiger partial charge in [-0.2, -0.15) is 0 Å². The molecule has 1 fully saturated rings. The van der Waals surface area contributed by atoms with Gasteiger partial charge in [-0.25, -0.2) is 4.79 Å². The van der Waals surface area contributed by atoms with Crippen LogP contribution in [0, 0.1) is 0 Å². The summed E-state index contributed by atoms with van der Waals surface area (Å²) in [5.74, 6) is -1.75. The lowest BCUT2D eigenvalue weighted by atomic mass is 10.3. The number of carboxylic acid groups (broad SMARTS) is 1. The molecule has 1 rings (SSSR count). The van der Waals surface area contributed by atoms with E-state index in [4.69, 9.17) is 9.84 Å². The molecule has 0 bridgehead atoms. The fourth-order valence-corrected chi connectivity index (χ4v) is 1.47. The van der Waals surface area contributed by atoms with Gasteiger partial charge in [0.25, 0.3) is 0 Å². The highest BCUT2D eigenvalue weighted by Gasteiger charge is 2.16. The first kappa shape index (κ1) is 14.2. The third-order valence-corrected chi connectivity index (χ3v) is 2.38. The van der Waals surface area contributed by atoms with Gasteiger partial charge in [-0.3, -0.25) is 9.59 Å². The van der Waals surface area contributed by atoms with Crippen LogP contribution in [-0.4, -0.2) is 60.6 Å². The van der Waals surface area contributed by atoms with Crippen molar-refractivity contribution in [3.63, 3.8) is 0 Å². The van der Waals surface area contributed by atoms with Crippen LogP contribution in [0.5, 0.6) is 0 Å². The van der Waals surface area contributed by atoms with Crippen LogP contribution in [0.2, 0.25) is 0 Å². The summed E-state index contributed by atoms with van der Waals surface area (Å²) >= 11 is 0. The molecule has 2 amide bonds. The van der Waals surface area contributed by atoms with E-state index in [0.717, 1.165) is 12.2 Å². The van der Waals surface area contributed by atoms with Crippen molar-refractivity contribution in [2.24, 2.45) is 0 Å². The Hall–Kier alpha value is -1.89. The predicted molar refractivity (Wildman–Crippen MR) is 61.8 cm³/mol. The maximum Gasteiger partial charge on any atom is 0.328 e. The molecule has 0 unspecified atom stereocenters. The highest BCUT2D eigenvalue weighted by Crippen LogP contribution is 1.99. The summed E-state index contributed by atoms with van der Waals surface area (Å²) in [6.45, 7) is 2.43. The molecule has 0 aromatic rings. The van der Waals surface area contributed by atoms with Crippen LogP contribution in [0.1, 0.15) is 6.42 Å². The van der Waals surface area contributed by atoms with Gasteiger partial charge in [0.05, 0.1) is 13.2 Å². The fourth-order valence-electron chi connectivity index (χ4n) is 1.47. The van der Waals surface area contributed by atoms with Gasteiger partial charge >= 0.3 is 5.97 Å². The van der Waals surface area contributed by atoms with Crippen molar-refractivity contribution < 1.29 is 24.2 Å². The zero-order valence-corrected chi connectivity index (χ0v) is 9.92. The zero-order chi connectivity index (χ0) is 13.4. The van der Waals surface area contributed by atoms with Crippen molar-refractivity contribution in [2.45, 2.75) is 6.42 Å². The number of hydrogen-bond donors (Lipinski definition) is 2. The normalized spacial score (nSPS) is 15.7. The van der Waals surface area contributed by atoms with Crippen molar-refractivity contribution in [3.8, 4) is 0 Å². The second-order valence-electron chi connectivity index (χ2n) is 3.71. The molecule has 1 aliphatic heterocycles. The molecular formula is C11H16N2O5. The van der Waals surface area contributed by atoms with E-state index >= 15 is 0 Å². The molecule has 1 aliphatic rings. The fraction of sp³-hybridized carbons (Fsp3) is 0.545. The van der Waals surface area contributed by atoms with E-state index in [1.165, 1.54) is 0 Å². The summed E-state index contributed by atoms with van der Waals surface area (Å²) in [6, 6.07) is 0. The summed E-state index contributed by atoms with van der Waals surface area (Å²) in [5.41, 5.74) is 0. The van der Waals surface area contributed by atoms with Crippen LogP contribution in [0.15, 0.2) is 12.2 Å². The number of nitrogens with one attached hydrogen (secondary N) is 1. The molecule has 7 heteroatoms. The molecule has 0 saturated carbocycles. The number of carbonyl (C=O) groups excluding carboxylic acids is 2. The molecule has 1 saturated heterocycles. The number of rotatable bonds is 5. The maximum atomic E-state index is 11.7. The second-order valence-corrected chi connectivity index (χ2v) is 3.71. The Labute approximate surface area is 104 Å². The van der Waals surface area contributed by atoms with E-state index in [1.54, 1.807) is 4.90 Å². The van der Waals surface area contributed by atoms with Crippen molar-refractivity contribution in [3.05, 3.63) is 12.2 Å². The highest BCUT2D eigenvalue weighted by atomic mass is 16.5.